The van der Waals surface area contributed by atoms with Gasteiger partial charge >= 0.3 is 0 Å². The number of rotatable bonds is 5. The number of imidazole rings is 1. The van der Waals surface area contributed by atoms with Crippen LogP contribution in [-0.2, 0) is 16.6 Å². The van der Waals surface area contributed by atoms with Crippen molar-refractivity contribution in [2.45, 2.75) is 24.8 Å². The van der Waals surface area contributed by atoms with Crippen molar-refractivity contribution in [3.8, 4) is 11.6 Å². The third-order valence-electron chi connectivity index (χ3n) is 3.42. The Morgan fingerprint density at radius 2 is 2.17 bits per heavy atom. The second kappa shape index (κ2) is 6.56. The van der Waals surface area contributed by atoms with Gasteiger partial charge in [0.2, 0.25) is 5.88 Å². The van der Waals surface area contributed by atoms with Crippen molar-refractivity contribution in [1.82, 2.24) is 19.9 Å². The first-order valence-corrected chi connectivity index (χ1v) is 8.19. The molecule has 7 nitrogen and oxygen atoms in total. The highest BCUT2D eigenvalue weighted by atomic mass is 32.2. The molecule has 3 aromatic rings. The Hall–Kier alpha value is -2.48. The lowest BCUT2D eigenvalue weighted by Crippen LogP contribution is -2.05. The molecule has 126 valence electrons. The third-order valence-corrected chi connectivity index (χ3v) is 4.58. The van der Waals surface area contributed by atoms with E-state index in [2.05, 4.69) is 24.7 Å². The van der Waals surface area contributed by atoms with Crippen LogP contribution in [0, 0.1) is 13.8 Å². The first-order valence-electron chi connectivity index (χ1n) is 9.88. The van der Waals surface area contributed by atoms with E-state index in [9.17, 15) is 4.21 Å². The first kappa shape index (κ1) is 10.4. The molecular formula is C16H18N4O3S. The van der Waals surface area contributed by atoms with Gasteiger partial charge in [0.15, 0.2) is 10.8 Å². The third kappa shape index (κ3) is 2.96. The number of fused-ring (bicyclic) bond motifs is 1. The fourth-order valence-corrected chi connectivity index (χ4v) is 3.32. The molecule has 0 spiro atoms. The van der Waals surface area contributed by atoms with E-state index in [-0.39, 0.29) is 34.3 Å². The normalized spacial score (nSPS) is 16.5. The Kier molecular flexibility index (Phi) is 2.84. The Morgan fingerprint density at radius 3 is 2.92 bits per heavy atom. The Labute approximate surface area is 150 Å². The van der Waals surface area contributed by atoms with E-state index in [0.29, 0.717) is 22.6 Å². The number of hydrogen-bond acceptors (Lipinski definition) is 6. The Morgan fingerprint density at radius 1 is 1.33 bits per heavy atom. The second-order valence-electron chi connectivity index (χ2n) is 4.95. The fourth-order valence-electron chi connectivity index (χ4n) is 2.24. The number of aromatic nitrogens is 4. The topological polar surface area (TPSA) is 90.0 Å². The van der Waals surface area contributed by atoms with Crippen LogP contribution in [0.2, 0.25) is 0 Å². The van der Waals surface area contributed by atoms with Gasteiger partial charge in [-0.2, -0.15) is 4.98 Å². The molecule has 1 N–H and O–H groups in total. The number of nitrogens with one attached hydrogen (secondary N) is 1. The van der Waals surface area contributed by atoms with Gasteiger partial charge < -0.3 is 14.5 Å². The number of nitrogens with zero attached hydrogens (tertiary/aromatic N) is 3. The molecule has 0 aliphatic rings. The van der Waals surface area contributed by atoms with Gasteiger partial charge in [0.25, 0.3) is 0 Å². The fraction of sp³-hybridized carbons (Fsp3) is 0.312. The van der Waals surface area contributed by atoms with Crippen LogP contribution >= 0.6 is 0 Å². The maximum Gasteiger partial charge on any atom is 0.215 e. The Bertz CT molecular complexity index is 1160. The molecule has 0 radical (unpaired) electrons. The summed E-state index contributed by atoms with van der Waals surface area (Å²) in [7, 11) is -3.11. The van der Waals surface area contributed by atoms with Crippen LogP contribution in [0.4, 0.5) is 0 Å². The van der Waals surface area contributed by atoms with Crippen LogP contribution in [0.15, 0.2) is 23.4 Å². The molecule has 0 saturated carbocycles. The number of H-pyrrole nitrogens is 1. The largest absolute Gasteiger partial charge is 0.496 e. The molecule has 0 amide bonds. The quantitative estimate of drug-likeness (QED) is 0.758. The minimum atomic E-state index is -2.84. The average molecular weight is 352 g/mol. The van der Waals surface area contributed by atoms with Gasteiger partial charge in [-0.15, -0.1) is 0 Å². The van der Waals surface area contributed by atoms with E-state index >= 15 is 0 Å². The van der Waals surface area contributed by atoms with Crippen LogP contribution in [0.25, 0.3) is 11.2 Å². The van der Waals surface area contributed by atoms with E-state index in [4.69, 9.17) is 13.0 Å². The van der Waals surface area contributed by atoms with Crippen LogP contribution in [-0.4, -0.2) is 38.3 Å². The molecule has 3 aromatic heterocycles. The van der Waals surface area contributed by atoms with E-state index < -0.39 is 29.8 Å². The highest BCUT2D eigenvalue weighted by Crippen LogP contribution is 2.25. The first-order chi connectivity index (χ1) is 13.9. The van der Waals surface area contributed by atoms with Crippen LogP contribution in [0.1, 0.15) is 25.0 Å². The minimum Gasteiger partial charge on any atom is -0.496 e. The molecule has 0 fully saturated rings. The van der Waals surface area contributed by atoms with Gasteiger partial charge in [-0.3, -0.25) is 9.19 Å². The van der Waals surface area contributed by atoms with Crippen molar-refractivity contribution >= 4 is 22.0 Å². The SMILES string of the molecule is [2H]c1nc(CS(=O)c2nc3nc(OC([2H])([2H])[2H])c([2H])c([2H])c3[nH]2)c(C)c(OC)c1C. The van der Waals surface area contributed by atoms with Gasteiger partial charge in [-0.25, -0.2) is 4.98 Å². The molecule has 0 aliphatic carbocycles. The summed E-state index contributed by atoms with van der Waals surface area (Å²) in [6.07, 6.45) is 0.00877. The predicted octanol–water partition coefficient (Wildman–Crippen LogP) is 2.29. The van der Waals surface area contributed by atoms with Crippen LogP contribution < -0.4 is 9.47 Å². The molecule has 8 heteroatoms. The monoisotopic (exact) mass is 352 g/mol. The van der Waals surface area contributed by atoms with E-state index in [1.807, 2.05) is 0 Å². The zero-order valence-corrected chi connectivity index (χ0v) is 14.0. The van der Waals surface area contributed by atoms with E-state index in [1.54, 1.807) is 13.8 Å². The molecule has 0 aliphatic heterocycles. The number of methoxy groups -OCH3 is 2. The van der Waals surface area contributed by atoms with Crippen molar-refractivity contribution < 1.29 is 21.9 Å². The lowest BCUT2D eigenvalue weighted by Gasteiger charge is -2.11. The average Bonchev–Trinajstić information content (AvgIpc) is 3.07. The molecule has 0 bridgehead atoms. The number of aromatic amines is 1. The predicted molar refractivity (Wildman–Crippen MR) is 90.8 cm³/mol. The van der Waals surface area contributed by atoms with Crippen LogP contribution in [0.3, 0.4) is 0 Å². The standard InChI is InChI=1S/C16H18N4O3S/c1-9-7-17-12(10(2)14(9)23-4)8-24(21)16-18-11-5-6-13(22-3)19-15(11)20-16/h5-7H,8H2,1-4H3,(H,18,19,20)/i3D3,5D,6D,7D. The smallest absolute Gasteiger partial charge is 0.215 e. The number of hydrogen-bond donors (Lipinski definition) is 1. The lowest BCUT2D eigenvalue weighted by molar-refractivity contribution is 0.399. The van der Waals surface area contributed by atoms with Gasteiger partial charge in [0.1, 0.15) is 5.75 Å². The van der Waals surface area contributed by atoms with Gasteiger partial charge in [-0.05, 0) is 19.9 Å². The van der Waals surface area contributed by atoms with Crippen molar-refractivity contribution in [2.24, 2.45) is 0 Å². The number of ether oxygens (including phenoxy) is 2. The zero-order chi connectivity index (χ0) is 22.4. The highest BCUT2D eigenvalue weighted by Gasteiger charge is 2.16. The summed E-state index contributed by atoms with van der Waals surface area (Å²) >= 11 is 0. The molecule has 0 saturated heterocycles. The minimum absolute atomic E-state index is 0.00877. The molecule has 1 atom stereocenters. The molecule has 3 heterocycles. The van der Waals surface area contributed by atoms with Gasteiger partial charge in [0, 0.05) is 23.3 Å². The summed E-state index contributed by atoms with van der Waals surface area (Å²) in [4.78, 5) is 14.8. The van der Waals surface area contributed by atoms with Crippen molar-refractivity contribution in [3.63, 3.8) is 0 Å². The molecule has 0 aromatic carbocycles. The van der Waals surface area contributed by atoms with E-state index in [1.165, 1.54) is 7.11 Å². The summed E-state index contributed by atoms with van der Waals surface area (Å²) < 4.78 is 68.1. The highest BCUT2D eigenvalue weighted by molar-refractivity contribution is 7.84. The van der Waals surface area contributed by atoms with Crippen molar-refractivity contribution in [1.29, 1.82) is 0 Å². The lowest BCUT2D eigenvalue weighted by atomic mass is 10.1. The van der Waals surface area contributed by atoms with Gasteiger partial charge in [-0.1, -0.05) is 0 Å². The van der Waals surface area contributed by atoms with E-state index in [0.717, 1.165) is 0 Å². The summed E-state index contributed by atoms with van der Waals surface area (Å²) in [6.45, 7) is 3.46. The summed E-state index contributed by atoms with van der Waals surface area (Å²) in [5, 5.41) is -0.0243. The molecule has 24 heavy (non-hydrogen) atoms. The van der Waals surface area contributed by atoms with Crippen molar-refractivity contribution in [2.75, 3.05) is 14.1 Å². The molecule has 3 rings (SSSR count). The number of pyridine rings is 2. The zero-order valence-electron chi connectivity index (χ0n) is 19.2. The maximum absolute atomic E-state index is 12.9. The van der Waals surface area contributed by atoms with Crippen molar-refractivity contribution in [3.05, 3.63) is 35.1 Å². The van der Waals surface area contributed by atoms with Crippen LogP contribution in [0.5, 0.6) is 11.6 Å². The summed E-state index contributed by atoms with van der Waals surface area (Å²) in [5.74, 6) is -0.142. The Balaban J connectivity index is 1.99. The molecule has 1 unspecified atom stereocenters. The maximum atomic E-state index is 12.9. The summed E-state index contributed by atoms with van der Waals surface area (Å²) in [6, 6.07) is -0.908. The summed E-state index contributed by atoms with van der Waals surface area (Å²) in [5.41, 5.74) is 1.56. The van der Waals surface area contributed by atoms with Gasteiger partial charge in [0.05, 0.1) is 50.1 Å². The molecular weight excluding hydrogens is 328 g/mol. The second-order valence-corrected chi connectivity index (χ2v) is 6.32.